The van der Waals surface area contributed by atoms with Gasteiger partial charge in [-0.15, -0.1) is 0 Å². The first kappa shape index (κ1) is 16.1. The van der Waals surface area contributed by atoms with Crippen molar-refractivity contribution in [2.45, 2.75) is 44.2 Å². The number of benzene rings is 1. The summed E-state index contributed by atoms with van der Waals surface area (Å²) in [6, 6.07) is 5.53. The third kappa shape index (κ3) is 3.16. The maximum Gasteiger partial charge on any atom is 0.124 e. The molecule has 21 heavy (non-hydrogen) atoms. The van der Waals surface area contributed by atoms with Gasteiger partial charge in [-0.05, 0) is 37.0 Å². The topological polar surface area (TPSA) is 53.7 Å². The van der Waals surface area contributed by atoms with E-state index in [1.165, 1.54) is 6.42 Å². The first-order chi connectivity index (χ1) is 10.1. The Hall–Kier alpha value is -1.26. The predicted molar refractivity (Wildman–Crippen MR) is 83.8 cm³/mol. The van der Waals surface area contributed by atoms with E-state index in [1.54, 1.807) is 21.3 Å². The highest BCUT2D eigenvalue weighted by Crippen LogP contribution is 2.44. The van der Waals surface area contributed by atoms with Crippen LogP contribution in [0.15, 0.2) is 18.2 Å². The Kier molecular flexibility index (Phi) is 5.12. The molecular weight excluding hydrogens is 266 g/mol. The molecule has 0 heterocycles. The minimum absolute atomic E-state index is 0.227. The first-order valence-corrected chi connectivity index (χ1v) is 7.59. The second-order valence-electron chi connectivity index (χ2n) is 6.06. The Bertz CT molecular complexity index is 477. The molecule has 4 heteroatoms. The summed E-state index contributed by atoms with van der Waals surface area (Å²) in [4.78, 5) is 0. The van der Waals surface area contributed by atoms with Crippen molar-refractivity contribution in [1.82, 2.24) is 0 Å². The van der Waals surface area contributed by atoms with Crippen molar-refractivity contribution in [1.29, 1.82) is 0 Å². The molecular formula is C17H27NO3. The average molecular weight is 293 g/mol. The van der Waals surface area contributed by atoms with Crippen LogP contribution < -0.4 is 15.2 Å². The molecule has 1 aliphatic carbocycles. The fraction of sp³-hybridized carbons (Fsp3) is 0.647. The quantitative estimate of drug-likeness (QED) is 0.905. The molecule has 4 nitrogen and oxygen atoms in total. The lowest BCUT2D eigenvalue weighted by molar-refractivity contribution is -0.0722. The van der Waals surface area contributed by atoms with Crippen LogP contribution in [0.2, 0.25) is 0 Å². The van der Waals surface area contributed by atoms with E-state index in [2.05, 4.69) is 6.92 Å². The van der Waals surface area contributed by atoms with Crippen LogP contribution in [0.1, 0.15) is 44.2 Å². The van der Waals surface area contributed by atoms with Crippen LogP contribution in [0.25, 0.3) is 0 Å². The van der Waals surface area contributed by atoms with Crippen molar-refractivity contribution in [2.75, 3.05) is 21.3 Å². The lowest BCUT2D eigenvalue weighted by Crippen LogP contribution is -2.46. The molecule has 1 saturated carbocycles. The third-order valence-corrected chi connectivity index (χ3v) is 4.74. The van der Waals surface area contributed by atoms with Gasteiger partial charge in [-0.2, -0.15) is 0 Å². The Morgan fingerprint density at radius 2 is 2.00 bits per heavy atom. The van der Waals surface area contributed by atoms with Gasteiger partial charge in [0.2, 0.25) is 0 Å². The van der Waals surface area contributed by atoms with Gasteiger partial charge in [0, 0.05) is 12.7 Å². The van der Waals surface area contributed by atoms with Gasteiger partial charge in [-0.3, -0.25) is 0 Å². The van der Waals surface area contributed by atoms with E-state index in [0.717, 1.165) is 36.3 Å². The lowest BCUT2D eigenvalue weighted by Gasteiger charge is -2.43. The fourth-order valence-corrected chi connectivity index (χ4v) is 3.50. The molecule has 1 fully saturated rings. The van der Waals surface area contributed by atoms with E-state index in [-0.39, 0.29) is 11.6 Å². The standard InChI is InChI=1S/C17H27NO3/c1-12-6-5-9-17(11-12,21-4)16(18)14-10-13(19-2)7-8-15(14)20-3/h7-8,10,12,16H,5-6,9,11,18H2,1-4H3. The zero-order valence-electron chi connectivity index (χ0n) is 13.5. The second kappa shape index (κ2) is 6.67. The van der Waals surface area contributed by atoms with Crippen LogP contribution in [0.5, 0.6) is 11.5 Å². The number of rotatable bonds is 5. The first-order valence-electron chi connectivity index (χ1n) is 7.59. The Balaban J connectivity index is 2.38. The van der Waals surface area contributed by atoms with Gasteiger partial charge in [-0.25, -0.2) is 0 Å². The molecule has 0 spiro atoms. The Morgan fingerprint density at radius 1 is 1.24 bits per heavy atom. The smallest absolute Gasteiger partial charge is 0.124 e. The summed E-state index contributed by atoms with van der Waals surface area (Å²) in [5.41, 5.74) is 7.25. The Labute approximate surface area is 127 Å². The minimum atomic E-state index is -0.322. The van der Waals surface area contributed by atoms with E-state index in [0.29, 0.717) is 5.92 Å². The highest BCUT2D eigenvalue weighted by molar-refractivity contribution is 5.43. The maximum atomic E-state index is 6.62. The molecule has 2 rings (SSSR count). The molecule has 118 valence electrons. The van der Waals surface area contributed by atoms with Crippen molar-refractivity contribution >= 4 is 0 Å². The number of methoxy groups -OCH3 is 3. The SMILES string of the molecule is COc1ccc(OC)c(C(N)C2(OC)CCCC(C)C2)c1. The molecule has 0 amide bonds. The molecule has 0 saturated heterocycles. The third-order valence-electron chi connectivity index (χ3n) is 4.74. The summed E-state index contributed by atoms with van der Waals surface area (Å²) in [6.45, 7) is 2.27. The molecule has 0 aliphatic heterocycles. The largest absolute Gasteiger partial charge is 0.497 e. The number of ether oxygens (including phenoxy) is 3. The van der Waals surface area contributed by atoms with Gasteiger partial charge in [0.15, 0.2) is 0 Å². The molecule has 1 aliphatic rings. The van der Waals surface area contributed by atoms with Crippen molar-refractivity contribution in [3.05, 3.63) is 23.8 Å². The summed E-state index contributed by atoms with van der Waals surface area (Å²) >= 11 is 0. The molecule has 1 aromatic carbocycles. The summed E-state index contributed by atoms with van der Waals surface area (Å²) in [5.74, 6) is 2.20. The molecule has 0 radical (unpaired) electrons. The van der Waals surface area contributed by atoms with E-state index >= 15 is 0 Å². The normalized spacial score (nSPS) is 27.2. The second-order valence-corrected chi connectivity index (χ2v) is 6.06. The molecule has 1 aromatic rings. The number of hydrogen-bond acceptors (Lipinski definition) is 4. The molecule has 2 N–H and O–H groups in total. The molecule has 0 aromatic heterocycles. The van der Waals surface area contributed by atoms with E-state index in [1.807, 2.05) is 18.2 Å². The van der Waals surface area contributed by atoms with Gasteiger partial charge in [0.1, 0.15) is 11.5 Å². The van der Waals surface area contributed by atoms with Gasteiger partial charge >= 0.3 is 0 Å². The summed E-state index contributed by atoms with van der Waals surface area (Å²) in [7, 11) is 5.09. The van der Waals surface area contributed by atoms with Crippen LogP contribution >= 0.6 is 0 Å². The number of hydrogen-bond donors (Lipinski definition) is 1. The zero-order valence-corrected chi connectivity index (χ0v) is 13.5. The molecule has 3 atom stereocenters. The summed E-state index contributed by atoms with van der Waals surface area (Å²) < 4.78 is 16.7. The monoisotopic (exact) mass is 293 g/mol. The van der Waals surface area contributed by atoms with Gasteiger partial charge < -0.3 is 19.9 Å². The summed E-state index contributed by atoms with van der Waals surface area (Å²) in [6.07, 6.45) is 4.35. The van der Waals surface area contributed by atoms with Crippen LogP contribution in [0, 0.1) is 5.92 Å². The van der Waals surface area contributed by atoms with Crippen molar-refractivity contribution in [2.24, 2.45) is 11.7 Å². The van der Waals surface area contributed by atoms with E-state index < -0.39 is 0 Å². The molecule has 0 bridgehead atoms. The van der Waals surface area contributed by atoms with Gasteiger partial charge in [0.05, 0.1) is 25.9 Å². The van der Waals surface area contributed by atoms with Crippen molar-refractivity contribution in [3.63, 3.8) is 0 Å². The van der Waals surface area contributed by atoms with E-state index in [9.17, 15) is 0 Å². The average Bonchev–Trinajstić information content (AvgIpc) is 2.53. The maximum absolute atomic E-state index is 6.62. The van der Waals surface area contributed by atoms with Gasteiger partial charge in [-0.1, -0.05) is 19.8 Å². The highest BCUT2D eigenvalue weighted by Gasteiger charge is 2.42. The van der Waals surface area contributed by atoms with Crippen LogP contribution in [0.4, 0.5) is 0 Å². The van der Waals surface area contributed by atoms with Crippen LogP contribution in [-0.2, 0) is 4.74 Å². The zero-order chi connectivity index (χ0) is 15.5. The summed E-state index contributed by atoms with van der Waals surface area (Å²) in [5, 5.41) is 0. The Morgan fingerprint density at radius 3 is 2.57 bits per heavy atom. The minimum Gasteiger partial charge on any atom is -0.497 e. The fourth-order valence-electron chi connectivity index (χ4n) is 3.50. The van der Waals surface area contributed by atoms with Crippen LogP contribution in [0.3, 0.4) is 0 Å². The van der Waals surface area contributed by atoms with Crippen molar-refractivity contribution < 1.29 is 14.2 Å². The van der Waals surface area contributed by atoms with E-state index in [4.69, 9.17) is 19.9 Å². The highest BCUT2D eigenvalue weighted by atomic mass is 16.5. The van der Waals surface area contributed by atoms with Crippen molar-refractivity contribution in [3.8, 4) is 11.5 Å². The lowest BCUT2D eigenvalue weighted by atomic mass is 9.73. The number of nitrogens with two attached hydrogens (primary N) is 1. The predicted octanol–water partition coefficient (Wildman–Crippen LogP) is 3.30. The molecule has 3 unspecified atom stereocenters. The van der Waals surface area contributed by atoms with Gasteiger partial charge in [0.25, 0.3) is 0 Å². The van der Waals surface area contributed by atoms with Crippen LogP contribution in [-0.4, -0.2) is 26.9 Å².